The van der Waals surface area contributed by atoms with Crippen molar-refractivity contribution in [3.8, 4) is 0 Å². The SMILES string of the molecule is Cc1oc2nc[nH]c(=O)c2c1C(=O)Nc1ncc(Cc2cccc(C(F)(F)F)c2)s1. The summed E-state index contributed by atoms with van der Waals surface area (Å²) in [5.74, 6) is -0.364. The van der Waals surface area contributed by atoms with Crippen molar-refractivity contribution < 1.29 is 22.4 Å². The van der Waals surface area contributed by atoms with Crippen LogP contribution in [0.4, 0.5) is 18.3 Å². The van der Waals surface area contributed by atoms with E-state index in [2.05, 4.69) is 20.3 Å². The highest BCUT2D eigenvalue weighted by Gasteiger charge is 2.30. The van der Waals surface area contributed by atoms with Crippen molar-refractivity contribution in [2.75, 3.05) is 5.32 Å². The molecule has 154 valence electrons. The number of aromatic nitrogens is 3. The molecule has 0 fully saturated rings. The summed E-state index contributed by atoms with van der Waals surface area (Å²) in [6, 6.07) is 5.03. The van der Waals surface area contributed by atoms with Gasteiger partial charge in [-0.3, -0.25) is 14.9 Å². The number of nitrogens with zero attached hydrogens (tertiary/aromatic N) is 2. The zero-order valence-corrected chi connectivity index (χ0v) is 16.1. The van der Waals surface area contributed by atoms with Crippen LogP contribution in [0.15, 0.2) is 46.0 Å². The summed E-state index contributed by atoms with van der Waals surface area (Å²) in [5, 5.41) is 2.88. The number of nitrogens with one attached hydrogen (secondary N) is 2. The fraction of sp³-hybridized carbons (Fsp3) is 0.158. The standard InChI is InChI=1S/C19H13F3N4O3S/c1-9-13(14-15(27)24-8-25-17(14)29-9)16(28)26-18-23-7-12(30-18)6-10-3-2-4-11(5-10)19(20,21)22/h2-5,7-8H,6H2,1H3,(H,23,26,28)(H,24,25,27). The summed E-state index contributed by atoms with van der Waals surface area (Å²) in [4.78, 5) is 35.8. The Hall–Kier alpha value is -3.47. The number of hydrogen-bond acceptors (Lipinski definition) is 6. The molecule has 4 rings (SSSR count). The Morgan fingerprint density at radius 2 is 2.10 bits per heavy atom. The Kier molecular flexibility index (Phi) is 4.90. The quantitative estimate of drug-likeness (QED) is 0.503. The third-order valence-corrected chi connectivity index (χ3v) is 5.22. The number of hydrogen-bond donors (Lipinski definition) is 2. The summed E-state index contributed by atoms with van der Waals surface area (Å²) in [6.07, 6.45) is -1.53. The van der Waals surface area contributed by atoms with Gasteiger partial charge in [0.1, 0.15) is 11.1 Å². The van der Waals surface area contributed by atoms with E-state index in [1.807, 2.05) is 0 Å². The Labute approximate surface area is 170 Å². The van der Waals surface area contributed by atoms with Crippen molar-refractivity contribution in [1.82, 2.24) is 15.0 Å². The minimum atomic E-state index is -4.42. The number of H-pyrrole nitrogens is 1. The molecule has 0 saturated carbocycles. The van der Waals surface area contributed by atoms with Crippen molar-refractivity contribution in [3.05, 3.63) is 74.5 Å². The van der Waals surface area contributed by atoms with Crippen molar-refractivity contribution in [2.24, 2.45) is 0 Å². The smallest absolute Gasteiger partial charge is 0.416 e. The second kappa shape index (κ2) is 7.41. The third-order valence-electron chi connectivity index (χ3n) is 4.30. The van der Waals surface area contributed by atoms with E-state index in [0.717, 1.165) is 23.5 Å². The number of anilines is 1. The molecule has 0 saturated heterocycles. The van der Waals surface area contributed by atoms with Gasteiger partial charge in [-0.15, -0.1) is 11.3 Å². The summed E-state index contributed by atoms with van der Waals surface area (Å²) < 4.78 is 44.0. The number of aryl methyl sites for hydroxylation is 1. The predicted octanol–water partition coefficient (Wildman–Crippen LogP) is 4.14. The average molecular weight is 434 g/mol. The first-order valence-electron chi connectivity index (χ1n) is 8.61. The molecular weight excluding hydrogens is 421 g/mol. The van der Waals surface area contributed by atoms with Crippen LogP contribution < -0.4 is 10.9 Å². The molecule has 30 heavy (non-hydrogen) atoms. The number of alkyl halides is 3. The fourth-order valence-corrected chi connectivity index (χ4v) is 3.83. The van der Waals surface area contributed by atoms with Crippen LogP contribution >= 0.6 is 11.3 Å². The van der Waals surface area contributed by atoms with Crippen LogP contribution in [0.1, 0.15) is 32.1 Å². The summed E-state index contributed by atoms with van der Waals surface area (Å²) in [6.45, 7) is 1.54. The van der Waals surface area contributed by atoms with Crippen molar-refractivity contribution >= 4 is 33.5 Å². The lowest BCUT2D eigenvalue weighted by Crippen LogP contribution is -2.16. The fourth-order valence-electron chi connectivity index (χ4n) is 2.99. The number of halogens is 3. The van der Waals surface area contributed by atoms with Gasteiger partial charge < -0.3 is 9.40 Å². The molecule has 0 bridgehead atoms. The van der Waals surface area contributed by atoms with E-state index >= 15 is 0 Å². The molecule has 0 atom stereocenters. The van der Waals surface area contributed by atoms with E-state index in [4.69, 9.17) is 4.42 Å². The Morgan fingerprint density at radius 1 is 1.30 bits per heavy atom. The molecule has 0 aliphatic rings. The van der Waals surface area contributed by atoms with Crippen LogP contribution in [-0.2, 0) is 12.6 Å². The van der Waals surface area contributed by atoms with E-state index in [9.17, 15) is 22.8 Å². The molecule has 3 heterocycles. The maximum atomic E-state index is 12.9. The van der Waals surface area contributed by atoms with Gasteiger partial charge in [-0.25, -0.2) is 9.97 Å². The van der Waals surface area contributed by atoms with Gasteiger partial charge in [0.15, 0.2) is 5.13 Å². The lowest BCUT2D eigenvalue weighted by Gasteiger charge is -2.07. The first-order valence-corrected chi connectivity index (χ1v) is 9.43. The molecular formula is C19H13F3N4O3S. The lowest BCUT2D eigenvalue weighted by molar-refractivity contribution is -0.137. The molecule has 0 radical (unpaired) electrons. The summed E-state index contributed by atoms with van der Waals surface area (Å²) in [5.41, 5.74) is -0.661. The molecule has 1 amide bonds. The van der Waals surface area contributed by atoms with Gasteiger partial charge in [-0.2, -0.15) is 13.2 Å². The molecule has 4 aromatic rings. The minimum Gasteiger partial charge on any atom is -0.442 e. The number of fused-ring (bicyclic) bond motifs is 1. The maximum Gasteiger partial charge on any atom is 0.416 e. The van der Waals surface area contributed by atoms with Gasteiger partial charge in [-0.05, 0) is 18.6 Å². The Bertz CT molecular complexity index is 1310. The van der Waals surface area contributed by atoms with Gasteiger partial charge in [0, 0.05) is 17.5 Å². The van der Waals surface area contributed by atoms with Gasteiger partial charge in [0.25, 0.3) is 11.5 Å². The van der Waals surface area contributed by atoms with Gasteiger partial charge in [0.05, 0.1) is 17.5 Å². The van der Waals surface area contributed by atoms with E-state index in [1.165, 1.54) is 25.5 Å². The monoisotopic (exact) mass is 434 g/mol. The van der Waals surface area contributed by atoms with E-state index < -0.39 is 23.2 Å². The van der Waals surface area contributed by atoms with Crippen LogP contribution in [0.5, 0.6) is 0 Å². The first-order chi connectivity index (χ1) is 14.2. The number of carbonyl (C=O) groups is 1. The number of benzene rings is 1. The number of aromatic amines is 1. The molecule has 7 nitrogen and oxygen atoms in total. The highest BCUT2D eigenvalue weighted by atomic mass is 32.1. The van der Waals surface area contributed by atoms with Crippen molar-refractivity contribution in [3.63, 3.8) is 0 Å². The molecule has 0 unspecified atom stereocenters. The maximum absolute atomic E-state index is 12.9. The molecule has 0 spiro atoms. The second-order valence-electron chi connectivity index (χ2n) is 6.41. The lowest BCUT2D eigenvalue weighted by atomic mass is 10.1. The molecule has 0 aliphatic heterocycles. The van der Waals surface area contributed by atoms with Crippen LogP contribution in [0.3, 0.4) is 0 Å². The molecule has 0 aliphatic carbocycles. The highest BCUT2D eigenvalue weighted by Crippen LogP contribution is 2.31. The van der Waals surface area contributed by atoms with Crippen LogP contribution in [0, 0.1) is 6.92 Å². The number of furan rings is 1. The van der Waals surface area contributed by atoms with E-state index in [-0.39, 0.29) is 34.0 Å². The number of rotatable bonds is 4. The Balaban J connectivity index is 1.54. The van der Waals surface area contributed by atoms with Crippen LogP contribution in [0.25, 0.3) is 11.1 Å². The predicted molar refractivity (Wildman–Crippen MR) is 104 cm³/mol. The molecule has 11 heteroatoms. The number of thiazole rings is 1. The number of amides is 1. The molecule has 1 aromatic carbocycles. The first kappa shape index (κ1) is 19.8. The average Bonchev–Trinajstić information content (AvgIpc) is 3.25. The highest BCUT2D eigenvalue weighted by molar-refractivity contribution is 7.15. The zero-order valence-electron chi connectivity index (χ0n) is 15.3. The number of carbonyl (C=O) groups excluding carboxylic acids is 1. The third kappa shape index (κ3) is 3.83. The van der Waals surface area contributed by atoms with Crippen LogP contribution in [-0.4, -0.2) is 20.9 Å². The van der Waals surface area contributed by atoms with E-state index in [0.29, 0.717) is 10.4 Å². The largest absolute Gasteiger partial charge is 0.442 e. The van der Waals surface area contributed by atoms with Gasteiger partial charge in [-0.1, -0.05) is 18.2 Å². The topological polar surface area (TPSA) is 101 Å². The summed E-state index contributed by atoms with van der Waals surface area (Å²) in [7, 11) is 0. The van der Waals surface area contributed by atoms with Crippen molar-refractivity contribution in [2.45, 2.75) is 19.5 Å². The zero-order chi connectivity index (χ0) is 21.5. The minimum absolute atomic E-state index is 0.0354. The Morgan fingerprint density at radius 3 is 2.87 bits per heavy atom. The van der Waals surface area contributed by atoms with Crippen LogP contribution in [0.2, 0.25) is 0 Å². The van der Waals surface area contributed by atoms with Gasteiger partial charge in [0.2, 0.25) is 5.71 Å². The second-order valence-corrected chi connectivity index (χ2v) is 7.52. The van der Waals surface area contributed by atoms with Gasteiger partial charge >= 0.3 is 6.18 Å². The molecule has 3 aromatic heterocycles. The summed E-state index contributed by atoms with van der Waals surface area (Å²) >= 11 is 1.13. The van der Waals surface area contributed by atoms with E-state index in [1.54, 1.807) is 6.07 Å². The van der Waals surface area contributed by atoms with Crippen molar-refractivity contribution in [1.29, 1.82) is 0 Å². The normalized spacial score (nSPS) is 11.7. The molecule has 2 N–H and O–H groups in total.